The van der Waals surface area contributed by atoms with E-state index in [-0.39, 0.29) is 5.91 Å². The summed E-state index contributed by atoms with van der Waals surface area (Å²) in [5, 5.41) is 9.01. The highest BCUT2D eigenvalue weighted by Crippen LogP contribution is 2.26. The van der Waals surface area contributed by atoms with Gasteiger partial charge in [0.25, 0.3) is 5.91 Å². The molecule has 1 aromatic carbocycles. The average Bonchev–Trinajstić information content (AvgIpc) is 3.10. The summed E-state index contributed by atoms with van der Waals surface area (Å²) in [5.41, 5.74) is 1.13. The molecule has 0 fully saturated rings. The van der Waals surface area contributed by atoms with Gasteiger partial charge in [-0.05, 0) is 32.9 Å². The third-order valence-electron chi connectivity index (χ3n) is 3.62. The van der Waals surface area contributed by atoms with E-state index in [2.05, 4.69) is 15.8 Å². The molecule has 0 unspecified atom stereocenters. The van der Waals surface area contributed by atoms with Crippen LogP contribution in [0.4, 0.5) is 0 Å². The lowest BCUT2D eigenvalue weighted by Gasteiger charge is -2.13. The van der Waals surface area contributed by atoms with E-state index in [4.69, 9.17) is 9.26 Å². The molecule has 0 aliphatic carbocycles. The van der Waals surface area contributed by atoms with Crippen molar-refractivity contribution in [2.24, 2.45) is 0 Å². The van der Waals surface area contributed by atoms with Crippen LogP contribution in [0.1, 0.15) is 35.7 Å². The van der Waals surface area contributed by atoms with Gasteiger partial charge in [0.15, 0.2) is 6.61 Å². The van der Waals surface area contributed by atoms with Crippen molar-refractivity contribution in [3.05, 3.63) is 47.3 Å². The standard InChI is InChI=1S/C19H23N3O5S/c1-4-20-18(24)13(3)21-17(23)10-26-19(25)15-7-5-6-8-16(15)28-11-14-9-12(2)27-22-14/h5-9,13H,4,10-11H2,1-3H3,(H,20,24)(H,21,23)/t13-/m1/s1. The van der Waals surface area contributed by atoms with Crippen LogP contribution in [-0.2, 0) is 20.1 Å². The van der Waals surface area contributed by atoms with Crippen molar-refractivity contribution in [1.82, 2.24) is 15.8 Å². The average molecular weight is 405 g/mol. The van der Waals surface area contributed by atoms with Gasteiger partial charge in [0, 0.05) is 23.3 Å². The van der Waals surface area contributed by atoms with Crippen molar-refractivity contribution >= 4 is 29.5 Å². The maximum atomic E-state index is 12.4. The number of benzene rings is 1. The molecule has 0 aliphatic rings. The van der Waals surface area contributed by atoms with Gasteiger partial charge in [-0.3, -0.25) is 9.59 Å². The van der Waals surface area contributed by atoms with Crippen LogP contribution in [0.2, 0.25) is 0 Å². The van der Waals surface area contributed by atoms with Crippen molar-refractivity contribution in [3.63, 3.8) is 0 Å². The third kappa shape index (κ3) is 6.41. The molecule has 1 aromatic heterocycles. The first-order valence-electron chi connectivity index (χ1n) is 8.79. The van der Waals surface area contributed by atoms with Crippen LogP contribution in [-0.4, -0.2) is 42.1 Å². The Morgan fingerprint density at radius 1 is 1.29 bits per heavy atom. The fourth-order valence-corrected chi connectivity index (χ4v) is 3.20. The molecule has 0 saturated heterocycles. The fraction of sp³-hybridized carbons (Fsp3) is 0.368. The molecule has 1 atom stereocenters. The summed E-state index contributed by atoms with van der Waals surface area (Å²) in [6.45, 7) is 5.15. The van der Waals surface area contributed by atoms with Crippen LogP contribution in [0, 0.1) is 6.92 Å². The number of esters is 1. The molecular weight excluding hydrogens is 382 g/mol. The van der Waals surface area contributed by atoms with Crippen LogP contribution < -0.4 is 10.6 Å². The molecule has 28 heavy (non-hydrogen) atoms. The molecule has 8 nitrogen and oxygen atoms in total. The van der Waals surface area contributed by atoms with Gasteiger partial charge in [0.1, 0.15) is 11.8 Å². The molecular formula is C19H23N3O5S. The Hall–Kier alpha value is -2.81. The van der Waals surface area contributed by atoms with E-state index < -0.39 is 24.5 Å². The van der Waals surface area contributed by atoms with E-state index in [1.807, 2.05) is 19.1 Å². The Kier molecular flexibility index (Phi) is 8.06. The molecule has 2 aromatic rings. The molecule has 0 spiro atoms. The lowest BCUT2D eigenvalue weighted by Crippen LogP contribution is -2.46. The van der Waals surface area contributed by atoms with Crippen molar-refractivity contribution in [2.75, 3.05) is 13.2 Å². The second kappa shape index (κ2) is 10.5. The van der Waals surface area contributed by atoms with Gasteiger partial charge in [0.05, 0.1) is 11.3 Å². The van der Waals surface area contributed by atoms with E-state index in [9.17, 15) is 14.4 Å². The number of rotatable bonds is 9. The number of carbonyl (C=O) groups is 3. The number of hydrogen-bond donors (Lipinski definition) is 2. The van der Waals surface area contributed by atoms with E-state index in [0.29, 0.717) is 22.8 Å². The molecule has 0 bridgehead atoms. The Balaban J connectivity index is 1.89. The first-order valence-corrected chi connectivity index (χ1v) is 9.77. The van der Waals surface area contributed by atoms with Crippen LogP contribution in [0.25, 0.3) is 0 Å². The normalized spacial score (nSPS) is 11.5. The zero-order chi connectivity index (χ0) is 20.5. The minimum absolute atomic E-state index is 0.299. The van der Waals surface area contributed by atoms with Gasteiger partial charge < -0.3 is 19.9 Å². The maximum Gasteiger partial charge on any atom is 0.339 e. The Labute approximate surface area is 167 Å². The molecule has 1 heterocycles. The third-order valence-corrected chi connectivity index (χ3v) is 4.72. The van der Waals surface area contributed by atoms with Crippen LogP contribution >= 0.6 is 11.8 Å². The zero-order valence-corrected chi connectivity index (χ0v) is 16.8. The molecule has 0 aliphatic heterocycles. The minimum Gasteiger partial charge on any atom is -0.452 e. The zero-order valence-electron chi connectivity index (χ0n) is 16.0. The highest BCUT2D eigenvalue weighted by atomic mass is 32.2. The smallest absolute Gasteiger partial charge is 0.339 e. The number of thioether (sulfide) groups is 1. The number of hydrogen-bond acceptors (Lipinski definition) is 7. The molecule has 2 amide bonds. The molecule has 150 valence electrons. The summed E-state index contributed by atoms with van der Waals surface area (Å²) < 4.78 is 10.1. The van der Waals surface area contributed by atoms with E-state index in [0.717, 1.165) is 11.5 Å². The van der Waals surface area contributed by atoms with Crippen LogP contribution in [0.3, 0.4) is 0 Å². The summed E-state index contributed by atoms with van der Waals surface area (Å²) in [4.78, 5) is 36.6. The van der Waals surface area contributed by atoms with Gasteiger partial charge in [-0.25, -0.2) is 4.79 Å². The largest absolute Gasteiger partial charge is 0.452 e. The summed E-state index contributed by atoms with van der Waals surface area (Å²) in [7, 11) is 0. The lowest BCUT2D eigenvalue weighted by molar-refractivity contribution is -0.130. The Morgan fingerprint density at radius 3 is 2.71 bits per heavy atom. The second-order valence-corrected chi connectivity index (χ2v) is 6.99. The molecule has 2 rings (SSSR count). The first-order chi connectivity index (χ1) is 13.4. The molecule has 0 saturated carbocycles. The van der Waals surface area contributed by atoms with Crippen molar-refractivity contribution in [3.8, 4) is 0 Å². The predicted octanol–water partition coefficient (Wildman–Crippen LogP) is 2.07. The Morgan fingerprint density at radius 2 is 2.04 bits per heavy atom. The lowest BCUT2D eigenvalue weighted by atomic mass is 10.2. The number of ether oxygens (including phenoxy) is 1. The number of carbonyl (C=O) groups excluding carboxylic acids is 3. The summed E-state index contributed by atoms with van der Waals surface area (Å²) in [6, 6.07) is 8.08. The first kappa shape index (κ1) is 21.5. The van der Waals surface area contributed by atoms with Crippen molar-refractivity contribution in [1.29, 1.82) is 0 Å². The quantitative estimate of drug-likeness (QED) is 0.485. The number of aryl methyl sites for hydroxylation is 1. The van der Waals surface area contributed by atoms with Crippen LogP contribution in [0.15, 0.2) is 39.8 Å². The number of amides is 2. The highest BCUT2D eigenvalue weighted by Gasteiger charge is 2.18. The fourth-order valence-electron chi connectivity index (χ4n) is 2.28. The number of nitrogens with zero attached hydrogens (tertiary/aromatic N) is 1. The predicted molar refractivity (Wildman–Crippen MR) is 104 cm³/mol. The van der Waals surface area contributed by atoms with E-state index in [1.165, 1.54) is 11.8 Å². The van der Waals surface area contributed by atoms with Gasteiger partial charge in [-0.15, -0.1) is 11.8 Å². The van der Waals surface area contributed by atoms with Gasteiger partial charge >= 0.3 is 5.97 Å². The summed E-state index contributed by atoms with van der Waals surface area (Å²) in [5.74, 6) is -0.203. The topological polar surface area (TPSA) is 111 Å². The summed E-state index contributed by atoms with van der Waals surface area (Å²) >= 11 is 1.42. The molecule has 2 N–H and O–H groups in total. The molecule has 9 heteroatoms. The van der Waals surface area contributed by atoms with Gasteiger partial charge in [-0.1, -0.05) is 17.3 Å². The minimum atomic E-state index is -0.708. The van der Waals surface area contributed by atoms with Crippen molar-refractivity contribution in [2.45, 2.75) is 37.5 Å². The van der Waals surface area contributed by atoms with Gasteiger partial charge in [-0.2, -0.15) is 0 Å². The monoisotopic (exact) mass is 405 g/mol. The second-order valence-electron chi connectivity index (χ2n) is 5.97. The number of nitrogens with one attached hydrogen (secondary N) is 2. The van der Waals surface area contributed by atoms with Gasteiger partial charge in [0.2, 0.25) is 5.91 Å². The van der Waals surface area contributed by atoms with Crippen molar-refractivity contribution < 1.29 is 23.6 Å². The number of aromatic nitrogens is 1. The highest BCUT2D eigenvalue weighted by molar-refractivity contribution is 7.98. The SMILES string of the molecule is CCNC(=O)[C@@H](C)NC(=O)COC(=O)c1ccccc1SCc1cc(C)on1. The number of likely N-dealkylation sites (N-methyl/N-ethyl adjacent to an activating group) is 1. The maximum absolute atomic E-state index is 12.4. The summed E-state index contributed by atoms with van der Waals surface area (Å²) in [6.07, 6.45) is 0. The molecule has 0 radical (unpaired) electrons. The van der Waals surface area contributed by atoms with Crippen LogP contribution in [0.5, 0.6) is 0 Å². The Bertz CT molecular complexity index is 836. The van der Waals surface area contributed by atoms with E-state index in [1.54, 1.807) is 32.0 Å². The van der Waals surface area contributed by atoms with E-state index >= 15 is 0 Å².